The van der Waals surface area contributed by atoms with Crippen LogP contribution in [-0.2, 0) is 11.3 Å². The molecule has 2 aromatic carbocycles. The third-order valence-electron chi connectivity index (χ3n) is 3.80. The number of thiazole rings is 1. The van der Waals surface area contributed by atoms with Gasteiger partial charge in [-0.15, -0.1) is 11.3 Å². The van der Waals surface area contributed by atoms with E-state index in [-0.39, 0.29) is 11.8 Å². The van der Waals surface area contributed by atoms with E-state index in [1.54, 1.807) is 18.2 Å². The first-order chi connectivity index (χ1) is 12.9. The molecule has 0 aliphatic heterocycles. The Morgan fingerprint density at radius 2 is 1.89 bits per heavy atom. The third kappa shape index (κ3) is 4.93. The van der Waals surface area contributed by atoms with Gasteiger partial charge >= 0.3 is 0 Å². The summed E-state index contributed by atoms with van der Waals surface area (Å²) >= 11 is 7.38. The lowest BCUT2D eigenvalue weighted by Gasteiger charge is -2.06. The second-order valence-electron chi connectivity index (χ2n) is 6.00. The van der Waals surface area contributed by atoms with Gasteiger partial charge in [-0.05, 0) is 36.8 Å². The van der Waals surface area contributed by atoms with Crippen molar-refractivity contribution in [1.29, 1.82) is 0 Å². The minimum atomic E-state index is -0.163. The number of aryl methyl sites for hydroxylation is 1. The van der Waals surface area contributed by atoms with Gasteiger partial charge in [-0.1, -0.05) is 35.9 Å². The first-order valence-electron chi connectivity index (χ1n) is 8.30. The number of nitrogens with zero attached hydrogens (tertiary/aromatic N) is 1. The summed E-state index contributed by atoms with van der Waals surface area (Å²) in [5, 5.41) is 7.02. The predicted octanol–water partition coefficient (Wildman–Crippen LogP) is 4.66. The van der Waals surface area contributed by atoms with Crippen LogP contribution in [-0.4, -0.2) is 16.8 Å². The third-order valence-corrected chi connectivity index (χ3v) is 5.24. The average Bonchev–Trinajstić information content (AvgIpc) is 3.02. The Morgan fingerprint density at radius 3 is 2.56 bits per heavy atom. The van der Waals surface area contributed by atoms with Crippen LogP contribution in [0.3, 0.4) is 0 Å². The highest BCUT2D eigenvalue weighted by Gasteiger charge is 2.16. The Balaban J connectivity index is 1.67. The molecule has 0 aliphatic rings. The molecule has 2 amide bonds. The molecule has 5 nitrogen and oxygen atoms in total. The fourth-order valence-electron chi connectivity index (χ4n) is 2.52. The van der Waals surface area contributed by atoms with Gasteiger partial charge in [0.15, 0.2) is 0 Å². The van der Waals surface area contributed by atoms with E-state index >= 15 is 0 Å². The average molecular weight is 400 g/mol. The minimum Gasteiger partial charge on any atom is -0.347 e. The number of nitrogens with one attached hydrogen (secondary N) is 2. The lowest BCUT2D eigenvalue weighted by atomic mass is 10.2. The number of benzene rings is 2. The molecule has 0 fully saturated rings. The summed E-state index contributed by atoms with van der Waals surface area (Å²) < 4.78 is 0. The number of hydrogen-bond donors (Lipinski definition) is 2. The smallest absolute Gasteiger partial charge is 0.263 e. The molecule has 27 heavy (non-hydrogen) atoms. The summed E-state index contributed by atoms with van der Waals surface area (Å²) in [6, 6.07) is 14.7. The Bertz CT molecular complexity index is 983. The van der Waals surface area contributed by atoms with Crippen molar-refractivity contribution in [3.63, 3.8) is 0 Å². The van der Waals surface area contributed by atoms with E-state index in [0.717, 1.165) is 21.8 Å². The summed E-state index contributed by atoms with van der Waals surface area (Å²) in [7, 11) is 0. The van der Waals surface area contributed by atoms with Crippen molar-refractivity contribution in [3.8, 4) is 10.6 Å². The van der Waals surface area contributed by atoms with Crippen LogP contribution < -0.4 is 10.6 Å². The molecule has 0 saturated heterocycles. The fourth-order valence-corrected chi connectivity index (χ4v) is 3.69. The lowest BCUT2D eigenvalue weighted by Crippen LogP contribution is -2.22. The summed E-state index contributed by atoms with van der Waals surface area (Å²) in [6.07, 6.45) is 0. The monoisotopic (exact) mass is 399 g/mol. The van der Waals surface area contributed by atoms with Crippen molar-refractivity contribution in [1.82, 2.24) is 10.3 Å². The van der Waals surface area contributed by atoms with Crippen LogP contribution in [0, 0.1) is 6.92 Å². The van der Waals surface area contributed by atoms with Crippen LogP contribution in [0.25, 0.3) is 10.6 Å². The summed E-state index contributed by atoms with van der Waals surface area (Å²) in [4.78, 5) is 28.7. The summed E-state index contributed by atoms with van der Waals surface area (Å²) in [5.74, 6) is -0.281. The van der Waals surface area contributed by atoms with Gasteiger partial charge in [-0.3, -0.25) is 9.59 Å². The molecular formula is C20H18ClN3O2S. The predicted molar refractivity (Wildman–Crippen MR) is 109 cm³/mol. The van der Waals surface area contributed by atoms with Gasteiger partial charge in [0.1, 0.15) is 9.88 Å². The van der Waals surface area contributed by atoms with Crippen LogP contribution in [0.2, 0.25) is 5.02 Å². The first kappa shape index (κ1) is 19.1. The molecule has 0 unspecified atom stereocenters. The first-order valence-corrected chi connectivity index (χ1v) is 9.50. The van der Waals surface area contributed by atoms with E-state index in [0.29, 0.717) is 22.1 Å². The zero-order valence-corrected chi connectivity index (χ0v) is 16.4. The quantitative estimate of drug-likeness (QED) is 0.655. The number of carbonyl (C=O) groups is 2. The van der Waals surface area contributed by atoms with E-state index < -0.39 is 0 Å². The van der Waals surface area contributed by atoms with Crippen molar-refractivity contribution in [3.05, 3.63) is 69.7 Å². The van der Waals surface area contributed by atoms with Crippen molar-refractivity contribution < 1.29 is 9.59 Å². The number of rotatable bonds is 5. The maximum Gasteiger partial charge on any atom is 0.263 e. The van der Waals surface area contributed by atoms with Crippen LogP contribution in [0.5, 0.6) is 0 Å². The molecule has 0 radical (unpaired) electrons. The summed E-state index contributed by atoms with van der Waals surface area (Å²) in [5.41, 5.74) is 3.24. The number of hydrogen-bond acceptors (Lipinski definition) is 4. The van der Waals surface area contributed by atoms with Crippen LogP contribution in [0.15, 0.2) is 48.5 Å². The zero-order valence-electron chi connectivity index (χ0n) is 14.9. The van der Waals surface area contributed by atoms with E-state index in [1.165, 1.54) is 18.3 Å². The van der Waals surface area contributed by atoms with Gasteiger partial charge in [0.25, 0.3) is 5.91 Å². The minimum absolute atomic E-state index is 0.118. The van der Waals surface area contributed by atoms with Crippen molar-refractivity contribution >= 4 is 40.4 Å². The van der Waals surface area contributed by atoms with Crippen LogP contribution >= 0.6 is 22.9 Å². The zero-order chi connectivity index (χ0) is 19.4. The maximum atomic E-state index is 12.5. The molecule has 1 aromatic heterocycles. The maximum absolute atomic E-state index is 12.5. The van der Waals surface area contributed by atoms with Crippen molar-refractivity contribution in [2.45, 2.75) is 20.4 Å². The highest BCUT2D eigenvalue weighted by molar-refractivity contribution is 7.17. The van der Waals surface area contributed by atoms with E-state index in [2.05, 4.69) is 15.6 Å². The van der Waals surface area contributed by atoms with Gasteiger partial charge in [0.2, 0.25) is 5.91 Å². The van der Waals surface area contributed by atoms with Crippen molar-refractivity contribution in [2.24, 2.45) is 0 Å². The Labute approximate surface area is 166 Å². The van der Waals surface area contributed by atoms with Gasteiger partial charge in [0.05, 0.1) is 5.69 Å². The topological polar surface area (TPSA) is 71.1 Å². The number of anilines is 1. The Kier molecular flexibility index (Phi) is 5.88. The molecule has 0 atom stereocenters. The second kappa shape index (κ2) is 8.33. The molecule has 138 valence electrons. The molecule has 0 spiro atoms. The Morgan fingerprint density at radius 1 is 1.15 bits per heavy atom. The highest BCUT2D eigenvalue weighted by atomic mass is 35.5. The van der Waals surface area contributed by atoms with E-state index in [4.69, 9.17) is 11.6 Å². The molecular weight excluding hydrogens is 382 g/mol. The lowest BCUT2D eigenvalue weighted by molar-refractivity contribution is -0.114. The van der Waals surface area contributed by atoms with Gasteiger partial charge in [-0.25, -0.2) is 4.98 Å². The molecule has 0 bridgehead atoms. The largest absolute Gasteiger partial charge is 0.347 e. The van der Waals surface area contributed by atoms with Crippen LogP contribution in [0.4, 0.5) is 5.69 Å². The van der Waals surface area contributed by atoms with E-state index in [1.807, 2.05) is 37.3 Å². The number of aromatic nitrogens is 1. The highest BCUT2D eigenvalue weighted by Crippen LogP contribution is 2.29. The number of carbonyl (C=O) groups excluding carboxylic acids is 2. The van der Waals surface area contributed by atoms with Gasteiger partial charge in [0, 0.05) is 29.7 Å². The molecule has 3 aromatic rings. The number of amides is 2. The summed E-state index contributed by atoms with van der Waals surface area (Å²) in [6.45, 7) is 3.67. The number of halogens is 1. The van der Waals surface area contributed by atoms with Gasteiger partial charge < -0.3 is 10.6 Å². The van der Waals surface area contributed by atoms with Gasteiger partial charge in [-0.2, -0.15) is 0 Å². The molecule has 3 rings (SSSR count). The van der Waals surface area contributed by atoms with E-state index in [9.17, 15) is 9.59 Å². The van der Waals surface area contributed by atoms with Crippen molar-refractivity contribution in [2.75, 3.05) is 5.32 Å². The fraction of sp³-hybridized carbons (Fsp3) is 0.150. The molecule has 0 aliphatic carbocycles. The molecule has 1 heterocycles. The molecule has 0 saturated carbocycles. The standard InChI is InChI=1S/C20H18ClN3O2S/c1-12-18(27-20(23-12)15-4-3-5-16(21)10-15)19(26)22-11-14-6-8-17(9-7-14)24-13(2)25/h3-10H,11H2,1-2H3,(H,22,26)(H,24,25). The van der Waals surface area contributed by atoms with Crippen LogP contribution in [0.1, 0.15) is 27.9 Å². The Hall–Kier alpha value is -2.70. The SMILES string of the molecule is CC(=O)Nc1ccc(CNC(=O)c2sc(-c3cccc(Cl)c3)nc2C)cc1. The normalized spacial score (nSPS) is 10.5. The molecule has 7 heteroatoms. The second-order valence-corrected chi connectivity index (χ2v) is 7.44. The molecule has 2 N–H and O–H groups in total.